The molecule has 0 heterocycles. The highest BCUT2D eigenvalue weighted by atomic mass is 19.2. The summed E-state index contributed by atoms with van der Waals surface area (Å²) in [5.41, 5.74) is 0. The number of terminal acetylenes is 1. The van der Waals surface area contributed by atoms with Crippen molar-refractivity contribution >= 4 is 0 Å². The Hall–Kier alpha value is -1.35. The third-order valence-corrected chi connectivity index (χ3v) is 0.406. The molecule has 40 valence electrons. The van der Waals surface area contributed by atoms with Gasteiger partial charge in [0.1, 0.15) is 0 Å². The van der Waals surface area contributed by atoms with Crippen LogP contribution in [-0.2, 0) is 0 Å². The normalized spacial score (nSPS) is 11.0. The van der Waals surface area contributed by atoms with E-state index in [0.29, 0.717) is 0 Å². The first-order chi connectivity index (χ1) is 3.72. The number of rotatable bonds is 0. The van der Waals surface area contributed by atoms with Crippen LogP contribution in [0, 0.1) is 18.9 Å². The topological polar surface area (TPSA) is 4.36 Å². The molecule has 0 aromatic carbocycles. The Morgan fingerprint density at radius 1 is 1.62 bits per heavy atom. The molecule has 0 amide bonds. The molecule has 0 atom stereocenters. The molecule has 3 heteroatoms. The van der Waals surface area contributed by atoms with Gasteiger partial charge in [-0.25, -0.2) is 13.6 Å². The Bertz CT molecular complexity index is 169. The predicted octanol–water partition coefficient (Wildman–Crippen LogP) is 1.65. The quantitative estimate of drug-likeness (QED) is 0.255. The fraction of sp³-hybridized carbons (Fsp3) is 0. The molecule has 0 aliphatic carbocycles. The number of halogens is 2. The van der Waals surface area contributed by atoms with Crippen LogP contribution in [-0.4, -0.2) is 0 Å². The van der Waals surface area contributed by atoms with Crippen LogP contribution in [0.2, 0.25) is 0 Å². The maximum absolute atomic E-state index is 11.6. The lowest BCUT2D eigenvalue weighted by Crippen LogP contribution is -1.66. The molecule has 0 saturated heterocycles. The first-order valence-corrected chi connectivity index (χ1v) is 1.61. The van der Waals surface area contributed by atoms with E-state index < -0.39 is 11.8 Å². The summed E-state index contributed by atoms with van der Waals surface area (Å²) in [5, 5.41) is 0. The lowest BCUT2D eigenvalue weighted by molar-refractivity contribution is 0.577. The minimum absolute atomic E-state index is 1.34. The standard InChI is InChI=1S/C5HF2N/c1-3-4(6)5(7)8-2/h1H/b5-4+. The Labute approximate surface area is 45.4 Å². The van der Waals surface area contributed by atoms with Crippen LogP contribution in [0.5, 0.6) is 0 Å². The van der Waals surface area contributed by atoms with Gasteiger partial charge in [-0.2, -0.15) is 0 Å². The van der Waals surface area contributed by atoms with Crippen molar-refractivity contribution in [2.24, 2.45) is 0 Å². The van der Waals surface area contributed by atoms with Crippen LogP contribution in [0.25, 0.3) is 4.85 Å². The number of allylic oxidation sites excluding steroid dienone is 1. The highest BCUT2D eigenvalue weighted by molar-refractivity contribution is 5.23. The summed E-state index contributed by atoms with van der Waals surface area (Å²) >= 11 is 0. The van der Waals surface area contributed by atoms with Gasteiger partial charge in [0.25, 0.3) is 0 Å². The largest absolute Gasteiger partial charge is 0.375 e. The molecule has 1 nitrogen and oxygen atoms in total. The van der Waals surface area contributed by atoms with Gasteiger partial charge < -0.3 is 0 Å². The van der Waals surface area contributed by atoms with Crippen molar-refractivity contribution in [3.8, 4) is 12.3 Å². The SMILES string of the molecule is [C-]#[N+]/C(F)=C(/F)C#C. The summed E-state index contributed by atoms with van der Waals surface area (Å²) in [7, 11) is 0. The zero-order valence-electron chi connectivity index (χ0n) is 3.78. The average Bonchev–Trinajstić information content (AvgIpc) is 1.84. The third kappa shape index (κ3) is 1.40. The zero-order valence-corrected chi connectivity index (χ0v) is 3.78. The molecule has 8 heavy (non-hydrogen) atoms. The molecule has 0 radical (unpaired) electrons. The molecule has 0 spiro atoms. The second-order valence-electron chi connectivity index (χ2n) is 0.861. The van der Waals surface area contributed by atoms with Crippen LogP contribution in [0.15, 0.2) is 11.8 Å². The van der Waals surface area contributed by atoms with Gasteiger partial charge in [0, 0.05) is 0 Å². The van der Waals surface area contributed by atoms with Gasteiger partial charge in [-0.15, -0.1) is 6.42 Å². The van der Waals surface area contributed by atoms with E-state index in [0.717, 1.165) is 0 Å². The van der Waals surface area contributed by atoms with E-state index in [9.17, 15) is 8.78 Å². The van der Waals surface area contributed by atoms with Crippen molar-refractivity contribution in [2.75, 3.05) is 0 Å². The van der Waals surface area contributed by atoms with Gasteiger partial charge in [0.05, 0.1) is 6.57 Å². The lowest BCUT2D eigenvalue weighted by atomic mass is 10.6. The van der Waals surface area contributed by atoms with Gasteiger partial charge in [-0.1, -0.05) is 0 Å². The van der Waals surface area contributed by atoms with E-state index >= 15 is 0 Å². The number of hydrogen-bond donors (Lipinski definition) is 0. The molecular formula is C5HF2N. The van der Waals surface area contributed by atoms with Gasteiger partial charge in [-0.3, -0.25) is 0 Å². The van der Waals surface area contributed by atoms with E-state index in [-0.39, 0.29) is 0 Å². The smallest absolute Gasteiger partial charge is 0.233 e. The summed E-state index contributed by atoms with van der Waals surface area (Å²) in [6.45, 7) is 5.90. The monoisotopic (exact) mass is 113 g/mol. The lowest BCUT2D eigenvalue weighted by Gasteiger charge is -1.76. The van der Waals surface area contributed by atoms with Crippen LogP contribution in [0.3, 0.4) is 0 Å². The molecule has 0 saturated carbocycles. The van der Waals surface area contributed by atoms with Crippen LogP contribution in [0.4, 0.5) is 8.78 Å². The molecule has 0 aliphatic rings. The van der Waals surface area contributed by atoms with E-state index in [1.165, 1.54) is 5.92 Å². The molecule has 0 aliphatic heterocycles. The number of hydrogen-bond acceptors (Lipinski definition) is 0. The Balaban J connectivity index is 4.41. The maximum Gasteiger partial charge on any atom is 0.375 e. The summed E-state index contributed by atoms with van der Waals surface area (Å²) in [5.74, 6) is -1.67. The van der Waals surface area contributed by atoms with Crippen LogP contribution in [0.1, 0.15) is 0 Å². The van der Waals surface area contributed by atoms with Crippen molar-refractivity contribution in [2.45, 2.75) is 0 Å². The molecule has 0 aromatic rings. The Kier molecular flexibility index (Phi) is 2.30. The first kappa shape index (κ1) is 6.65. The van der Waals surface area contributed by atoms with Crippen molar-refractivity contribution in [3.05, 3.63) is 23.2 Å². The summed E-state index contributed by atoms with van der Waals surface area (Å²) in [6.07, 6.45) is 4.38. The van der Waals surface area contributed by atoms with E-state index in [1.54, 1.807) is 0 Å². The van der Waals surface area contributed by atoms with E-state index in [4.69, 9.17) is 6.57 Å². The van der Waals surface area contributed by atoms with Crippen molar-refractivity contribution < 1.29 is 8.78 Å². The Morgan fingerprint density at radius 2 is 2.12 bits per heavy atom. The summed E-state index contributed by atoms with van der Waals surface area (Å²) < 4.78 is 23.1. The average molecular weight is 113 g/mol. The second kappa shape index (κ2) is 2.76. The summed E-state index contributed by atoms with van der Waals surface area (Å²) in [6, 6.07) is 0. The zero-order chi connectivity index (χ0) is 6.57. The second-order valence-corrected chi connectivity index (χ2v) is 0.861. The molecular weight excluding hydrogens is 112 g/mol. The summed E-state index contributed by atoms with van der Waals surface area (Å²) in [4.78, 5) is 2.10. The van der Waals surface area contributed by atoms with Gasteiger partial charge in [-0.05, 0) is 5.92 Å². The minimum Gasteiger partial charge on any atom is -0.233 e. The van der Waals surface area contributed by atoms with E-state index in [1.807, 2.05) is 0 Å². The van der Waals surface area contributed by atoms with Gasteiger partial charge >= 0.3 is 5.95 Å². The van der Waals surface area contributed by atoms with Crippen molar-refractivity contribution in [1.82, 2.24) is 0 Å². The molecule has 0 aromatic heterocycles. The molecule has 0 N–H and O–H groups in total. The first-order valence-electron chi connectivity index (χ1n) is 1.61. The minimum atomic E-state index is -1.56. The fourth-order valence-corrected chi connectivity index (χ4v) is 0.109. The number of nitrogens with zero attached hydrogens (tertiary/aromatic N) is 1. The molecule has 0 unspecified atom stereocenters. The van der Waals surface area contributed by atoms with Crippen LogP contribution < -0.4 is 0 Å². The van der Waals surface area contributed by atoms with E-state index in [2.05, 4.69) is 11.3 Å². The third-order valence-electron chi connectivity index (χ3n) is 0.406. The molecule has 0 fully saturated rings. The van der Waals surface area contributed by atoms with Crippen molar-refractivity contribution in [1.29, 1.82) is 0 Å². The molecule has 0 bridgehead atoms. The fourth-order valence-electron chi connectivity index (χ4n) is 0.109. The maximum atomic E-state index is 11.6. The highest BCUT2D eigenvalue weighted by Crippen LogP contribution is 2.06. The molecule has 0 rings (SSSR count). The Morgan fingerprint density at radius 3 is 2.25 bits per heavy atom. The van der Waals surface area contributed by atoms with Crippen molar-refractivity contribution in [3.63, 3.8) is 0 Å². The predicted molar refractivity (Wildman–Crippen MR) is 24.7 cm³/mol. The van der Waals surface area contributed by atoms with Gasteiger partial charge in [0.15, 0.2) is 0 Å². The highest BCUT2D eigenvalue weighted by Gasteiger charge is 1.98. The van der Waals surface area contributed by atoms with Crippen LogP contribution >= 0.6 is 0 Å². The van der Waals surface area contributed by atoms with Gasteiger partial charge in [0.2, 0.25) is 5.83 Å².